The number of rotatable bonds is 34. The van der Waals surface area contributed by atoms with Crippen LogP contribution in [-0.4, -0.2) is 75.1 Å². The quantitative estimate of drug-likeness (QED) is 0.0148. The molecule has 1 aliphatic carbocycles. The number of hydrogen-bond donors (Lipinski definition) is 1. The second-order valence-electron chi connectivity index (χ2n) is 17.4. The van der Waals surface area contributed by atoms with Crippen LogP contribution < -0.4 is 23.7 Å². The molecule has 0 aliphatic heterocycles. The smallest absolute Gasteiger partial charge is 0.330 e. The monoisotopic (exact) mass is 981 g/mol. The fourth-order valence-electron chi connectivity index (χ4n) is 7.86. The van der Waals surface area contributed by atoms with Gasteiger partial charge in [-0.3, -0.25) is 19.2 Å². The van der Waals surface area contributed by atoms with E-state index in [2.05, 4.69) is 13.2 Å². The van der Waals surface area contributed by atoms with Crippen LogP contribution in [0.25, 0.3) is 0 Å². The van der Waals surface area contributed by atoms with Crippen molar-refractivity contribution in [1.29, 1.82) is 5.41 Å². The molecule has 15 heteroatoms. The summed E-state index contributed by atoms with van der Waals surface area (Å²) in [7, 11) is 0. The minimum Gasteiger partial charge on any atom is -0.494 e. The molecular formula is C56H71NO14. The lowest BCUT2D eigenvalue weighted by Crippen LogP contribution is -2.30. The highest BCUT2D eigenvalue weighted by Gasteiger charge is 2.32. The summed E-state index contributed by atoms with van der Waals surface area (Å²) >= 11 is 0. The van der Waals surface area contributed by atoms with Crippen LogP contribution in [-0.2, 0) is 49.4 Å². The fraction of sp³-hybridized carbons (Fsp3) is 0.482. The van der Waals surface area contributed by atoms with Gasteiger partial charge in [0.05, 0.1) is 50.8 Å². The van der Waals surface area contributed by atoms with Crippen molar-refractivity contribution in [3.63, 3.8) is 0 Å². The molecule has 0 amide bonds. The average molecular weight is 982 g/mol. The predicted molar refractivity (Wildman–Crippen MR) is 267 cm³/mol. The molecule has 0 saturated heterocycles. The molecule has 15 nitrogen and oxygen atoms in total. The second kappa shape index (κ2) is 32.9. The number of ether oxygens (including phenoxy) is 8. The van der Waals surface area contributed by atoms with E-state index in [-0.39, 0.29) is 48.5 Å². The van der Waals surface area contributed by atoms with Gasteiger partial charge >= 0.3 is 35.8 Å². The zero-order valence-corrected chi connectivity index (χ0v) is 41.2. The Hall–Kier alpha value is -6.77. The van der Waals surface area contributed by atoms with E-state index in [0.717, 1.165) is 81.7 Å². The molecule has 3 aromatic carbocycles. The first kappa shape index (κ1) is 56.8. The molecule has 71 heavy (non-hydrogen) atoms. The molecule has 1 N–H and O–H groups in total. The fourth-order valence-corrected chi connectivity index (χ4v) is 7.86. The van der Waals surface area contributed by atoms with Crippen molar-refractivity contribution in [2.45, 2.75) is 122 Å². The van der Waals surface area contributed by atoms with Crippen LogP contribution in [0.4, 0.5) is 0 Å². The van der Waals surface area contributed by atoms with Gasteiger partial charge in [-0.2, -0.15) is 0 Å². The molecule has 384 valence electrons. The molecule has 0 radical (unpaired) electrons. The Labute approximate surface area is 418 Å². The molecule has 0 heterocycles. The number of esters is 6. The molecule has 1 saturated carbocycles. The normalized spacial score (nSPS) is 14.4. The van der Waals surface area contributed by atoms with E-state index < -0.39 is 23.8 Å². The van der Waals surface area contributed by atoms with E-state index in [1.807, 2.05) is 6.92 Å². The Bertz CT molecular complexity index is 2160. The highest BCUT2D eigenvalue weighted by Crippen LogP contribution is 2.32. The highest BCUT2D eigenvalue weighted by molar-refractivity contribution is 5.85. The molecule has 4 rings (SSSR count). The second-order valence-corrected chi connectivity index (χ2v) is 17.4. The standard InChI is InChI=1S/C56H71NO14/c1-4-16-42(54(61)69-48-28-24-46(25-29-48)64-34-11-7-9-13-36-66-51(58)5-2)17-15-18-53(60)68-38-33-41-19-32-50(45(39-41)40-57)71-56(63)44-22-20-43(21-23-44)55(62)70-49-30-26-47(27-31-49)65-35-12-8-10-14-37-67-52(59)6-3/h5-6,19,24-32,39-40,42-44,57H,2-4,7-18,20-23,33-38H2,1H3. The first-order valence-corrected chi connectivity index (χ1v) is 25.0. The van der Waals surface area contributed by atoms with Gasteiger partial charge < -0.3 is 43.3 Å². The lowest BCUT2D eigenvalue weighted by atomic mass is 9.82. The number of nitrogens with one attached hydrogen (secondary N) is 1. The van der Waals surface area contributed by atoms with Crippen molar-refractivity contribution in [1.82, 2.24) is 0 Å². The van der Waals surface area contributed by atoms with E-state index >= 15 is 0 Å². The van der Waals surface area contributed by atoms with Gasteiger partial charge in [0.25, 0.3) is 0 Å². The summed E-state index contributed by atoms with van der Waals surface area (Å²) in [4.78, 5) is 74.0. The van der Waals surface area contributed by atoms with Gasteiger partial charge in [0.15, 0.2) is 0 Å². The third-order valence-corrected chi connectivity index (χ3v) is 11.9. The lowest BCUT2D eigenvalue weighted by Gasteiger charge is -2.26. The summed E-state index contributed by atoms with van der Waals surface area (Å²) in [6, 6.07) is 19.0. The zero-order valence-electron chi connectivity index (χ0n) is 41.2. The minimum absolute atomic E-state index is 0.122. The Morgan fingerprint density at radius 2 is 1.07 bits per heavy atom. The van der Waals surface area contributed by atoms with Gasteiger partial charge in [-0.1, -0.05) is 32.6 Å². The van der Waals surface area contributed by atoms with E-state index in [9.17, 15) is 28.8 Å². The first-order chi connectivity index (χ1) is 34.5. The predicted octanol–water partition coefficient (Wildman–Crippen LogP) is 10.6. The maximum Gasteiger partial charge on any atom is 0.330 e. The average Bonchev–Trinajstić information content (AvgIpc) is 3.38. The van der Waals surface area contributed by atoms with Gasteiger partial charge in [0.1, 0.15) is 28.7 Å². The van der Waals surface area contributed by atoms with Crippen LogP contribution in [0, 0.1) is 23.2 Å². The van der Waals surface area contributed by atoms with Crippen molar-refractivity contribution >= 4 is 42.0 Å². The molecule has 1 atom stereocenters. The minimum atomic E-state index is -0.414. The molecule has 1 aliphatic rings. The summed E-state index contributed by atoms with van der Waals surface area (Å²) in [6.45, 7) is 10.7. The van der Waals surface area contributed by atoms with E-state index in [4.69, 9.17) is 43.3 Å². The molecule has 3 aromatic rings. The zero-order chi connectivity index (χ0) is 51.1. The van der Waals surface area contributed by atoms with Gasteiger partial charge in [0.2, 0.25) is 0 Å². The van der Waals surface area contributed by atoms with Crippen molar-refractivity contribution < 1.29 is 66.7 Å². The summed E-state index contributed by atoms with van der Waals surface area (Å²) in [5.41, 5.74) is 1.22. The van der Waals surface area contributed by atoms with E-state index in [1.165, 1.54) is 0 Å². The summed E-state index contributed by atoms with van der Waals surface area (Å²) < 4.78 is 44.1. The maximum atomic E-state index is 13.2. The third kappa shape index (κ3) is 22.2. The van der Waals surface area contributed by atoms with Crippen molar-refractivity contribution in [3.05, 3.63) is 103 Å². The van der Waals surface area contributed by atoms with Crippen LogP contribution in [0.5, 0.6) is 28.7 Å². The van der Waals surface area contributed by atoms with Gasteiger partial charge in [-0.15, -0.1) is 0 Å². The molecule has 0 spiro atoms. The van der Waals surface area contributed by atoms with Gasteiger partial charge in [-0.25, -0.2) is 9.59 Å². The Balaban J connectivity index is 1.08. The number of hydrogen-bond acceptors (Lipinski definition) is 15. The van der Waals surface area contributed by atoms with Crippen molar-refractivity contribution in [2.75, 3.05) is 33.0 Å². The first-order valence-electron chi connectivity index (χ1n) is 25.0. The van der Waals surface area contributed by atoms with Crippen LogP contribution in [0.3, 0.4) is 0 Å². The number of benzene rings is 3. The molecular weight excluding hydrogens is 911 g/mol. The van der Waals surface area contributed by atoms with E-state index in [1.54, 1.807) is 66.7 Å². The largest absolute Gasteiger partial charge is 0.494 e. The molecule has 0 bridgehead atoms. The van der Waals surface area contributed by atoms with Crippen LogP contribution in [0.1, 0.15) is 127 Å². The van der Waals surface area contributed by atoms with E-state index in [0.29, 0.717) is 106 Å². The topological polar surface area (TPSA) is 200 Å². The summed E-state index contributed by atoms with van der Waals surface area (Å²) in [5.74, 6) is -0.961. The molecule has 1 fully saturated rings. The Morgan fingerprint density at radius 1 is 0.577 bits per heavy atom. The third-order valence-electron chi connectivity index (χ3n) is 11.9. The number of carbonyl (C=O) groups excluding carboxylic acids is 6. The highest BCUT2D eigenvalue weighted by atomic mass is 16.6. The number of unbranched alkanes of at least 4 members (excludes halogenated alkanes) is 6. The van der Waals surface area contributed by atoms with Crippen molar-refractivity contribution in [2.24, 2.45) is 17.8 Å². The summed E-state index contributed by atoms with van der Waals surface area (Å²) in [5, 5.41) is 7.95. The van der Waals surface area contributed by atoms with Crippen LogP contribution in [0.15, 0.2) is 92.0 Å². The Kier molecular flexibility index (Phi) is 26.4. The Morgan fingerprint density at radius 3 is 1.58 bits per heavy atom. The SMILES string of the molecule is C=CC(=O)OCCCCCCOc1ccc(OC(=O)C(CCC)CCCC(=O)OCCc2ccc(OC(=O)C3CCC(C(=O)Oc4ccc(OCCCCCCOC(=O)C=C)cc4)CC3)c(C=N)c2)cc1. The van der Waals surface area contributed by atoms with Crippen LogP contribution in [0.2, 0.25) is 0 Å². The molecule has 0 aromatic heterocycles. The maximum absolute atomic E-state index is 13.2. The van der Waals surface area contributed by atoms with Crippen LogP contribution >= 0.6 is 0 Å². The summed E-state index contributed by atoms with van der Waals surface area (Å²) in [6.07, 6.45) is 15.2. The number of carbonyl (C=O) groups is 6. The molecule has 1 unspecified atom stereocenters. The van der Waals surface area contributed by atoms with Gasteiger partial charge in [-0.05, 0) is 163 Å². The lowest BCUT2D eigenvalue weighted by molar-refractivity contribution is -0.145. The van der Waals surface area contributed by atoms with Gasteiger partial charge in [0, 0.05) is 36.8 Å². The van der Waals surface area contributed by atoms with Crippen molar-refractivity contribution in [3.8, 4) is 28.7 Å².